The maximum Gasteiger partial charge on any atom is 0.0116 e. The third-order valence-corrected chi connectivity index (χ3v) is 2.98. The number of benzene rings is 2. The maximum atomic E-state index is 4.01. The second-order valence-corrected chi connectivity index (χ2v) is 4.33. The van der Waals surface area contributed by atoms with Crippen LogP contribution in [0.2, 0.25) is 0 Å². The highest BCUT2D eigenvalue weighted by atomic mass is 32.2. The molecule has 0 spiro atoms. The Hall–Kier alpha value is -1.47. The molecule has 0 nitrogen and oxygen atoms in total. The molecule has 1 heteroatoms. The smallest absolute Gasteiger partial charge is 0.0116 e. The highest BCUT2D eigenvalue weighted by Crippen LogP contribution is 2.28. The molecule has 0 aliphatic carbocycles. The lowest BCUT2D eigenvalue weighted by molar-refractivity contribution is 1.70. The Balaban J connectivity index is 2.46. The van der Waals surface area contributed by atoms with Gasteiger partial charge in [-0.25, -0.2) is 0 Å². The standard InChI is InChI=1S/C14H12S/c1-3-15-11(2)13-9-8-12-6-4-5-7-14(12)10-13/h3-10H,1-2H2. The number of fused-ring (bicyclic) bond motifs is 1. The summed E-state index contributed by atoms with van der Waals surface area (Å²) in [7, 11) is 0. The minimum Gasteiger partial charge on any atom is -0.0987 e. The molecule has 0 aromatic heterocycles. The van der Waals surface area contributed by atoms with E-state index in [-0.39, 0.29) is 0 Å². The van der Waals surface area contributed by atoms with Gasteiger partial charge in [0.2, 0.25) is 0 Å². The topological polar surface area (TPSA) is 0 Å². The molecule has 0 aliphatic rings. The second kappa shape index (κ2) is 4.37. The van der Waals surface area contributed by atoms with Crippen LogP contribution in [0, 0.1) is 0 Å². The molecular weight excluding hydrogens is 200 g/mol. The molecule has 0 radical (unpaired) electrons. The van der Waals surface area contributed by atoms with Gasteiger partial charge in [0, 0.05) is 4.91 Å². The molecule has 74 valence electrons. The number of rotatable bonds is 3. The van der Waals surface area contributed by atoms with Crippen molar-refractivity contribution in [2.75, 3.05) is 0 Å². The lowest BCUT2D eigenvalue weighted by atomic mass is 10.1. The molecule has 0 saturated heterocycles. The first-order valence-electron chi connectivity index (χ1n) is 4.77. The van der Waals surface area contributed by atoms with Crippen LogP contribution in [0.4, 0.5) is 0 Å². The molecule has 0 N–H and O–H groups in total. The van der Waals surface area contributed by atoms with Crippen molar-refractivity contribution < 1.29 is 0 Å². The van der Waals surface area contributed by atoms with Crippen molar-refractivity contribution in [3.8, 4) is 0 Å². The summed E-state index contributed by atoms with van der Waals surface area (Å²) in [6, 6.07) is 14.7. The van der Waals surface area contributed by atoms with Gasteiger partial charge in [0.1, 0.15) is 0 Å². The summed E-state index contributed by atoms with van der Waals surface area (Å²) in [5, 5.41) is 4.32. The SMILES string of the molecule is C=CSC(=C)c1ccc2ccccc2c1. The minimum atomic E-state index is 1.04. The maximum absolute atomic E-state index is 4.01. The lowest BCUT2D eigenvalue weighted by Crippen LogP contribution is -1.78. The first kappa shape index (κ1) is 10.1. The zero-order valence-corrected chi connectivity index (χ0v) is 9.26. The van der Waals surface area contributed by atoms with Gasteiger partial charge in [-0.05, 0) is 27.8 Å². The molecule has 0 fully saturated rings. The van der Waals surface area contributed by atoms with Crippen molar-refractivity contribution in [3.05, 3.63) is 66.6 Å². The van der Waals surface area contributed by atoms with Gasteiger partial charge in [-0.15, -0.1) is 0 Å². The van der Waals surface area contributed by atoms with Crippen LogP contribution in [-0.2, 0) is 0 Å². The summed E-state index contributed by atoms with van der Waals surface area (Å²) in [6.07, 6.45) is 0. The van der Waals surface area contributed by atoms with Crippen molar-refractivity contribution in [1.29, 1.82) is 0 Å². The summed E-state index contributed by atoms with van der Waals surface area (Å²) in [6.45, 7) is 7.70. The fourth-order valence-electron chi connectivity index (χ4n) is 1.53. The molecule has 0 atom stereocenters. The van der Waals surface area contributed by atoms with Crippen LogP contribution in [0.1, 0.15) is 5.56 Å². The van der Waals surface area contributed by atoms with Crippen LogP contribution in [-0.4, -0.2) is 0 Å². The fourth-order valence-corrected chi connectivity index (χ4v) is 2.00. The fraction of sp³-hybridized carbons (Fsp3) is 0. The largest absolute Gasteiger partial charge is 0.0987 e. The minimum absolute atomic E-state index is 1.04. The zero-order valence-electron chi connectivity index (χ0n) is 8.44. The average molecular weight is 212 g/mol. The first-order chi connectivity index (χ1) is 7.31. The van der Waals surface area contributed by atoms with Gasteiger partial charge in [0.25, 0.3) is 0 Å². The Bertz CT molecular complexity index is 511. The molecule has 2 aromatic rings. The van der Waals surface area contributed by atoms with E-state index in [2.05, 4.69) is 55.6 Å². The van der Waals surface area contributed by atoms with E-state index in [1.165, 1.54) is 16.3 Å². The van der Waals surface area contributed by atoms with E-state index in [4.69, 9.17) is 0 Å². The van der Waals surface area contributed by atoms with Crippen LogP contribution in [0.3, 0.4) is 0 Å². The van der Waals surface area contributed by atoms with Gasteiger partial charge in [0.05, 0.1) is 0 Å². The van der Waals surface area contributed by atoms with Gasteiger partial charge in [0.15, 0.2) is 0 Å². The van der Waals surface area contributed by atoms with Gasteiger partial charge < -0.3 is 0 Å². The molecule has 2 rings (SSSR count). The monoisotopic (exact) mass is 212 g/mol. The van der Waals surface area contributed by atoms with Crippen LogP contribution < -0.4 is 0 Å². The van der Waals surface area contributed by atoms with Crippen LogP contribution in [0.5, 0.6) is 0 Å². The molecule has 0 unspecified atom stereocenters. The van der Waals surface area contributed by atoms with Crippen molar-refractivity contribution >= 4 is 27.4 Å². The van der Waals surface area contributed by atoms with Crippen molar-refractivity contribution in [3.63, 3.8) is 0 Å². The molecule has 0 amide bonds. The molecule has 0 heterocycles. The van der Waals surface area contributed by atoms with Crippen LogP contribution in [0.25, 0.3) is 15.7 Å². The van der Waals surface area contributed by atoms with E-state index in [0.717, 1.165) is 4.91 Å². The summed E-state index contributed by atoms with van der Waals surface area (Å²) in [4.78, 5) is 1.04. The van der Waals surface area contributed by atoms with Gasteiger partial charge in [-0.3, -0.25) is 0 Å². The van der Waals surface area contributed by atoms with Crippen LogP contribution >= 0.6 is 11.8 Å². The Labute approximate surface area is 94.3 Å². The predicted molar refractivity (Wildman–Crippen MR) is 70.8 cm³/mol. The van der Waals surface area contributed by atoms with E-state index in [9.17, 15) is 0 Å². The Kier molecular flexibility index (Phi) is 2.93. The molecule has 0 bridgehead atoms. The Morgan fingerprint density at radius 2 is 1.80 bits per heavy atom. The highest BCUT2D eigenvalue weighted by Gasteiger charge is 1.99. The number of thioether (sulfide) groups is 1. The average Bonchev–Trinajstić information content (AvgIpc) is 2.29. The molecular formula is C14H12S. The van der Waals surface area contributed by atoms with Crippen molar-refractivity contribution in [1.82, 2.24) is 0 Å². The van der Waals surface area contributed by atoms with E-state index >= 15 is 0 Å². The number of hydrogen-bond acceptors (Lipinski definition) is 1. The summed E-state index contributed by atoms with van der Waals surface area (Å²) < 4.78 is 0. The van der Waals surface area contributed by atoms with E-state index < -0.39 is 0 Å². The van der Waals surface area contributed by atoms with Gasteiger partial charge >= 0.3 is 0 Å². The van der Waals surface area contributed by atoms with Crippen molar-refractivity contribution in [2.45, 2.75) is 0 Å². The van der Waals surface area contributed by atoms with Crippen molar-refractivity contribution in [2.24, 2.45) is 0 Å². The number of hydrogen-bond donors (Lipinski definition) is 0. The normalized spacial score (nSPS) is 10.1. The summed E-state index contributed by atoms with van der Waals surface area (Å²) in [5.41, 5.74) is 1.17. The van der Waals surface area contributed by atoms with Gasteiger partial charge in [-0.2, -0.15) is 0 Å². The summed E-state index contributed by atoms with van der Waals surface area (Å²) >= 11 is 1.56. The zero-order chi connectivity index (χ0) is 10.7. The third-order valence-electron chi connectivity index (χ3n) is 2.30. The highest BCUT2D eigenvalue weighted by molar-refractivity contribution is 8.10. The lowest BCUT2D eigenvalue weighted by Gasteiger charge is -2.04. The molecule has 15 heavy (non-hydrogen) atoms. The van der Waals surface area contributed by atoms with Gasteiger partial charge in [-0.1, -0.05) is 61.3 Å². The third kappa shape index (κ3) is 2.13. The second-order valence-electron chi connectivity index (χ2n) is 3.27. The van der Waals surface area contributed by atoms with E-state index in [1.54, 1.807) is 17.2 Å². The molecule has 0 aliphatic heterocycles. The Morgan fingerprint density at radius 3 is 2.53 bits per heavy atom. The van der Waals surface area contributed by atoms with Crippen LogP contribution in [0.15, 0.2) is 61.0 Å². The first-order valence-corrected chi connectivity index (χ1v) is 5.65. The Morgan fingerprint density at radius 1 is 1.07 bits per heavy atom. The summed E-state index contributed by atoms with van der Waals surface area (Å²) in [5.74, 6) is 0. The molecule has 2 aromatic carbocycles. The van der Waals surface area contributed by atoms with E-state index in [0.29, 0.717) is 0 Å². The molecule has 0 saturated carbocycles. The predicted octanol–water partition coefficient (Wildman–Crippen LogP) is 4.69. The van der Waals surface area contributed by atoms with E-state index in [1.807, 2.05) is 0 Å². The quantitative estimate of drug-likeness (QED) is 0.711.